The largest absolute Gasteiger partial charge is 0.481 e. The lowest BCUT2D eigenvalue weighted by Gasteiger charge is -2.17. The van der Waals surface area contributed by atoms with Crippen LogP contribution in [0.25, 0.3) is 0 Å². The zero-order valence-corrected chi connectivity index (χ0v) is 13.7. The highest BCUT2D eigenvalue weighted by atomic mass is 127. The first-order chi connectivity index (χ1) is 9.38. The predicted octanol–water partition coefficient (Wildman–Crippen LogP) is 3.13. The lowest BCUT2D eigenvalue weighted by molar-refractivity contribution is -0.142. The standard InChI is InChI=1S/C13H14ClIN2O3/c1-7-5-17(6-9(7)12(18)19)13(20)16-11-3-2-8(14)4-10(11)15/h2-4,7,9H,5-6H2,1H3,(H,16,20)(H,18,19)/t7-,9-/m1/s1. The summed E-state index contributed by atoms with van der Waals surface area (Å²) in [5, 5.41) is 12.5. The fraction of sp³-hybridized carbons (Fsp3) is 0.385. The number of nitrogens with one attached hydrogen (secondary N) is 1. The second-order valence-electron chi connectivity index (χ2n) is 4.88. The summed E-state index contributed by atoms with van der Waals surface area (Å²) in [5.41, 5.74) is 0.673. The van der Waals surface area contributed by atoms with Crippen LogP contribution in [0.3, 0.4) is 0 Å². The Bertz CT molecular complexity index is 552. The number of hydrogen-bond acceptors (Lipinski definition) is 2. The number of amides is 2. The molecule has 2 rings (SSSR count). The molecule has 2 N–H and O–H groups in total. The Labute approximate surface area is 135 Å². The first-order valence-corrected chi connectivity index (χ1v) is 7.58. The molecule has 2 atom stereocenters. The minimum atomic E-state index is -0.853. The van der Waals surface area contributed by atoms with Gasteiger partial charge in [0.1, 0.15) is 0 Å². The van der Waals surface area contributed by atoms with Crippen molar-refractivity contribution >= 4 is 51.9 Å². The number of halogens is 2. The van der Waals surface area contributed by atoms with E-state index < -0.39 is 11.9 Å². The Morgan fingerprint density at radius 3 is 2.70 bits per heavy atom. The summed E-state index contributed by atoms with van der Waals surface area (Å²) in [5.74, 6) is -1.39. The molecule has 1 aliphatic rings. The van der Waals surface area contributed by atoms with Gasteiger partial charge in [0.2, 0.25) is 0 Å². The van der Waals surface area contributed by atoms with Gasteiger partial charge in [-0.1, -0.05) is 18.5 Å². The summed E-state index contributed by atoms with van der Waals surface area (Å²) in [6.07, 6.45) is 0. The molecule has 0 bridgehead atoms. The Hall–Kier alpha value is -1.02. The Morgan fingerprint density at radius 2 is 2.15 bits per heavy atom. The second kappa shape index (κ2) is 6.17. The van der Waals surface area contributed by atoms with E-state index >= 15 is 0 Å². The quantitative estimate of drug-likeness (QED) is 0.739. The van der Waals surface area contributed by atoms with Gasteiger partial charge < -0.3 is 15.3 Å². The maximum absolute atomic E-state index is 12.2. The molecule has 1 aromatic carbocycles. The molecule has 20 heavy (non-hydrogen) atoms. The second-order valence-corrected chi connectivity index (χ2v) is 6.48. The summed E-state index contributed by atoms with van der Waals surface area (Å²) < 4.78 is 0.838. The summed E-state index contributed by atoms with van der Waals surface area (Å²) in [6, 6.07) is 4.91. The van der Waals surface area contributed by atoms with E-state index in [0.717, 1.165) is 3.57 Å². The Morgan fingerprint density at radius 1 is 1.45 bits per heavy atom. The molecule has 7 heteroatoms. The smallest absolute Gasteiger partial charge is 0.321 e. The molecule has 5 nitrogen and oxygen atoms in total. The highest BCUT2D eigenvalue weighted by Gasteiger charge is 2.37. The molecule has 1 aromatic rings. The van der Waals surface area contributed by atoms with Gasteiger partial charge in [-0.2, -0.15) is 0 Å². The molecular weight excluding hydrogens is 395 g/mol. The van der Waals surface area contributed by atoms with Gasteiger partial charge in [0.25, 0.3) is 0 Å². The molecule has 1 heterocycles. The zero-order valence-electron chi connectivity index (χ0n) is 10.8. The number of rotatable bonds is 2. The lowest BCUT2D eigenvalue weighted by atomic mass is 9.99. The number of hydrogen-bond donors (Lipinski definition) is 2. The van der Waals surface area contributed by atoms with Crippen LogP contribution in [-0.2, 0) is 4.79 Å². The van der Waals surface area contributed by atoms with Crippen molar-refractivity contribution in [1.29, 1.82) is 0 Å². The van der Waals surface area contributed by atoms with Gasteiger partial charge in [-0.25, -0.2) is 4.79 Å². The molecule has 1 fully saturated rings. The van der Waals surface area contributed by atoms with Gasteiger partial charge in [-0.3, -0.25) is 4.79 Å². The monoisotopic (exact) mass is 408 g/mol. The minimum Gasteiger partial charge on any atom is -0.481 e. The maximum Gasteiger partial charge on any atom is 0.321 e. The fourth-order valence-corrected chi connectivity index (χ4v) is 3.25. The maximum atomic E-state index is 12.2. The summed E-state index contributed by atoms with van der Waals surface area (Å²) in [6.45, 7) is 2.54. The number of anilines is 1. The Balaban J connectivity index is 2.04. The van der Waals surface area contributed by atoms with Crippen molar-refractivity contribution in [3.63, 3.8) is 0 Å². The van der Waals surface area contributed by atoms with Gasteiger partial charge in [-0.05, 0) is 46.7 Å². The van der Waals surface area contributed by atoms with Crippen molar-refractivity contribution in [2.45, 2.75) is 6.92 Å². The Kier molecular flexibility index (Phi) is 4.74. The fourth-order valence-electron chi connectivity index (χ4n) is 2.24. The first-order valence-electron chi connectivity index (χ1n) is 6.12. The number of carbonyl (C=O) groups is 2. The molecule has 108 valence electrons. The third kappa shape index (κ3) is 3.35. The number of carboxylic acid groups (broad SMARTS) is 1. The van der Waals surface area contributed by atoms with Crippen molar-refractivity contribution in [2.75, 3.05) is 18.4 Å². The van der Waals surface area contributed by atoms with Crippen molar-refractivity contribution < 1.29 is 14.7 Å². The average Bonchev–Trinajstić information content (AvgIpc) is 2.75. The molecule has 0 saturated carbocycles. The lowest BCUT2D eigenvalue weighted by Crippen LogP contribution is -2.34. The molecule has 0 radical (unpaired) electrons. The van der Waals surface area contributed by atoms with E-state index in [-0.39, 0.29) is 18.5 Å². The van der Waals surface area contributed by atoms with E-state index in [0.29, 0.717) is 17.3 Å². The van der Waals surface area contributed by atoms with Crippen LogP contribution in [-0.4, -0.2) is 35.1 Å². The third-order valence-electron chi connectivity index (χ3n) is 3.39. The topological polar surface area (TPSA) is 69.6 Å². The van der Waals surface area contributed by atoms with Crippen LogP contribution in [0.4, 0.5) is 10.5 Å². The van der Waals surface area contributed by atoms with Crippen molar-refractivity contribution in [1.82, 2.24) is 4.90 Å². The molecule has 2 amide bonds. The molecular formula is C13H14ClIN2O3. The summed E-state index contributed by atoms with van der Waals surface area (Å²) in [4.78, 5) is 24.7. The number of carboxylic acids is 1. The van der Waals surface area contributed by atoms with E-state index in [1.54, 1.807) is 18.2 Å². The zero-order chi connectivity index (χ0) is 14.9. The molecule has 0 unspecified atom stereocenters. The SMILES string of the molecule is C[C@@H]1CN(C(=O)Nc2ccc(Cl)cc2I)C[C@H]1C(=O)O. The van der Waals surface area contributed by atoms with Crippen molar-refractivity contribution in [3.8, 4) is 0 Å². The van der Waals surface area contributed by atoms with Gasteiger partial charge in [0.15, 0.2) is 0 Å². The first kappa shape index (κ1) is 15.4. The number of aliphatic carboxylic acids is 1. The van der Waals surface area contributed by atoms with Gasteiger partial charge >= 0.3 is 12.0 Å². The third-order valence-corrected chi connectivity index (χ3v) is 4.52. The van der Waals surface area contributed by atoms with E-state index in [1.807, 2.05) is 6.92 Å². The molecule has 0 spiro atoms. The van der Waals surface area contributed by atoms with Crippen LogP contribution in [0.2, 0.25) is 5.02 Å². The number of urea groups is 1. The molecule has 0 aliphatic carbocycles. The van der Waals surface area contributed by atoms with Gasteiger partial charge in [-0.15, -0.1) is 0 Å². The van der Waals surface area contributed by atoms with Crippen LogP contribution in [0.5, 0.6) is 0 Å². The highest BCUT2D eigenvalue weighted by molar-refractivity contribution is 14.1. The normalized spacial score (nSPS) is 21.9. The minimum absolute atomic E-state index is 0.0393. The number of nitrogens with zero attached hydrogens (tertiary/aromatic N) is 1. The highest BCUT2D eigenvalue weighted by Crippen LogP contribution is 2.26. The molecule has 0 aromatic heterocycles. The van der Waals surface area contributed by atoms with Crippen LogP contribution >= 0.6 is 34.2 Å². The van der Waals surface area contributed by atoms with E-state index in [9.17, 15) is 9.59 Å². The van der Waals surface area contributed by atoms with Crippen molar-refractivity contribution in [2.24, 2.45) is 11.8 Å². The summed E-state index contributed by atoms with van der Waals surface area (Å²) in [7, 11) is 0. The van der Waals surface area contributed by atoms with E-state index in [1.165, 1.54) is 4.90 Å². The van der Waals surface area contributed by atoms with Crippen LogP contribution in [0, 0.1) is 15.4 Å². The van der Waals surface area contributed by atoms with Gasteiger partial charge in [0.05, 0.1) is 11.6 Å². The van der Waals surface area contributed by atoms with Crippen LogP contribution < -0.4 is 5.32 Å². The van der Waals surface area contributed by atoms with Crippen LogP contribution in [0.1, 0.15) is 6.92 Å². The summed E-state index contributed by atoms with van der Waals surface area (Å²) >= 11 is 7.95. The number of carbonyl (C=O) groups excluding carboxylic acids is 1. The van der Waals surface area contributed by atoms with E-state index in [2.05, 4.69) is 27.9 Å². The number of likely N-dealkylation sites (tertiary alicyclic amines) is 1. The molecule has 1 saturated heterocycles. The van der Waals surface area contributed by atoms with Crippen LogP contribution in [0.15, 0.2) is 18.2 Å². The number of benzene rings is 1. The predicted molar refractivity (Wildman–Crippen MR) is 85.1 cm³/mol. The van der Waals surface area contributed by atoms with Gasteiger partial charge in [0, 0.05) is 21.7 Å². The van der Waals surface area contributed by atoms with E-state index in [4.69, 9.17) is 16.7 Å². The average molecular weight is 409 g/mol. The molecule has 1 aliphatic heterocycles. The van der Waals surface area contributed by atoms with Crippen molar-refractivity contribution in [3.05, 3.63) is 26.8 Å².